The Morgan fingerprint density at radius 3 is 3.07 bits per heavy atom. The maximum Gasteiger partial charge on any atom is 0.143 e. The highest BCUT2D eigenvalue weighted by atomic mass is 31.1. The van der Waals surface area contributed by atoms with Gasteiger partial charge in [0.25, 0.3) is 0 Å². The van der Waals surface area contributed by atoms with E-state index in [1.54, 1.807) is 0 Å². The number of anilines is 2. The highest BCUT2D eigenvalue weighted by Crippen LogP contribution is 2.20. The number of nitrogens with zero attached hydrogens (tertiary/aromatic N) is 2. The summed E-state index contributed by atoms with van der Waals surface area (Å²) in [6.45, 7) is 0.131. The Labute approximate surface area is 83.3 Å². The van der Waals surface area contributed by atoms with Gasteiger partial charge in [0.05, 0.1) is 5.56 Å². The lowest BCUT2D eigenvalue weighted by molar-refractivity contribution is 0.322. The molecule has 0 saturated carbocycles. The highest BCUT2D eigenvalue weighted by Gasteiger charge is 2.04. The smallest absolute Gasteiger partial charge is 0.143 e. The van der Waals surface area contributed by atoms with E-state index in [-0.39, 0.29) is 12.4 Å². The average Bonchev–Trinajstić information content (AvgIpc) is 2.18. The van der Waals surface area contributed by atoms with E-state index in [1.807, 2.05) is 0 Å². The highest BCUT2D eigenvalue weighted by molar-refractivity contribution is 7.39. The lowest BCUT2D eigenvalue weighted by Crippen LogP contribution is -2.03. The first-order chi connectivity index (χ1) is 6.79. The molecule has 0 spiro atoms. The number of rotatable bonds is 5. The van der Waals surface area contributed by atoms with Gasteiger partial charge in [0.15, 0.2) is 0 Å². The second-order valence-electron chi connectivity index (χ2n) is 2.44. The number of hydrogen-bond acceptors (Lipinski definition) is 6. The van der Waals surface area contributed by atoms with Crippen molar-refractivity contribution >= 4 is 26.6 Å². The summed E-state index contributed by atoms with van der Waals surface area (Å²) >= 11 is 0. The number of nitrogens with one attached hydrogen (secondary N) is 2. The summed E-state index contributed by atoms with van der Waals surface area (Å²) in [5, 5.41) is 18.7. The molecule has 0 radical (unpaired) electrons. The van der Waals surface area contributed by atoms with E-state index in [0.29, 0.717) is 26.3 Å². The van der Waals surface area contributed by atoms with Crippen molar-refractivity contribution in [3.8, 4) is 0 Å². The van der Waals surface area contributed by atoms with Crippen LogP contribution in [-0.2, 0) is 0 Å². The molecule has 1 aromatic heterocycles. The molecular weight excluding hydrogens is 201 g/mol. The fourth-order valence-electron chi connectivity index (χ4n) is 0.853. The maximum absolute atomic E-state index is 8.59. The lowest BCUT2D eigenvalue weighted by Gasteiger charge is -2.07. The van der Waals surface area contributed by atoms with Crippen LogP contribution in [-0.4, -0.2) is 34.1 Å². The van der Waals surface area contributed by atoms with Crippen LogP contribution < -0.4 is 10.8 Å². The second-order valence-corrected chi connectivity index (χ2v) is 3.54. The predicted molar refractivity (Wildman–Crippen MR) is 58.2 cm³/mol. The molecule has 5 N–H and O–H groups in total. The van der Waals surface area contributed by atoms with Crippen molar-refractivity contribution in [2.24, 2.45) is 0 Å². The van der Waals surface area contributed by atoms with Gasteiger partial charge in [0.1, 0.15) is 18.0 Å². The molecule has 1 aromatic rings. The minimum atomic E-state index is 0.131. The topological polar surface area (TPSA) is 108 Å². The average molecular weight is 213 g/mol. The number of nitrogen functional groups attached to an aromatic ring is 1. The van der Waals surface area contributed by atoms with Crippen LogP contribution in [0, 0.1) is 5.41 Å². The summed E-state index contributed by atoms with van der Waals surface area (Å²) < 4.78 is 0. The van der Waals surface area contributed by atoms with Crippen molar-refractivity contribution in [3.05, 3.63) is 11.9 Å². The molecule has 0 bridgehead atoms. The number of aromatic nitrogens is 2. The largest absolute Gasteiger partial charge is 0.396 e. The van der Waals surface area contributed by atoms with E-state index in [2.05, 4.69) is 15.1 Å². The van der Waals surface area contributed by atoms with Crippen molar-refractivity contribution in [2.75, 3.05) is 23.6 Å². The fourth-order valence-corrected chi connectivity index (χ4v) is 1.46. The summed E-state index contributed by atoms with van der Waals surface area (Å²) in [5.41, 5.74) is 6.03. The summed E-state index contributed by atoms with van der Waals surface area (Å²) in [6, 6.07) is 0. The van der Waals surface area contributed by atoms with Crippen LogP contribution in [0.3, 0.4) is 0 Å². The second kappa shape index (κ2) is 5.47. The number of aliphatic hydroxyl groups is 1. The van der Waals surface area contributed by atoms with Crippen LogP contribution in [0.25, 0.3) is 0 Å². The molecule has 6 nitrogen and oxygen atoms in total. The van der Waals surface area contributed by atoms with Crippen molar-refractivity contribution in [1.29, 1.82) is 5.41 Å². The molecule has 0 fully saturated rings. The normalized spacial score (nSPS) is 10.6. The van der Waals surface area contributed by atoms with Gasteiger partial charge in [-0.05, 0) is 8.73 Å². The first-order valence-corrected chi connectivity index (χ1v) is 5.21. The molecule has 7 heteroatoms. The number of nitrogens with two attached hydrogens (primary N) is 1. The quantitative estimate of drug-likeness (QED) is 0.314. The van der Waals surface area contributed by atoms with Crippen LogP contribution in [0.4, 0.5) is 11.6 Å². The van der Waals surface area contributed by atoms with Crippen molar-refractivity contribution in [2.45, 2.75) is 0 Å². The van der Waals surface area contributed by atoms with Crippen LogP contribution in [0.5, 0.6) is 0 Å². The minimum Gasteiger partial charge on any atom is -0.396 e. The monoisotopic (exact) mass is 213 g/mol. The molecule has 0 aliphatic rings. The van der Waals surface area contributed by atoms with E-state index in [1.165, 1.54) is 6.33 Å². The summed E-state index contributed by atoms with van der Waals surface area (Å²) in [4.78, 5) is 7.72. The van der Waals surface area contributed by atoms with E-state index >= 15 is 0 Å². The minimum absolute atomic E-state index is 0.131. The zero-order chi connectivity index (χ0) is 10.4. The Morgan fingerprint density at radius 1 is 1.64 bits per heavy atom. The van der Waals surface area contributed by atoms with Crippen molar-refractivity contribution < 1.29 is 5.11 Å². The number of hydrogen-bond donors (Lipinski definition) is 4. The zero-order valence-electron chi connectivity index (χ0n) is 7.49. The Bertz CT molecular complexity index is 319. The van der Waals surface area contributed by atoms with Crippen LogP contribution in [0.2, 0.25) is 0 Å². The van der Waals surface area contributed by atoms with Gasteiger partial charge >= 0.3 is 0 Å². The third-order valence-electron chi connectivity index (χ3n) is 1.50. The first-order valence-electron chi connectivity index (χ1n) is 4.00. The molecule has 76 valence electrons. The van der Waals surface area contributed by atoms with Gasteiger partial charge in [-0.3, -0.25) is 0 Å². The van der Waals surface area contributed by atoms with Gasteiger partial charge < -0.3 is 21.3 Å². The van der Waals surface area contributed by atoms with E-state index in [0.717, 1.165) is 6.21 Å². The van der Waals surface area contributed by atoms with Gasteiger partial charge in [-0.25, -0.2) is 9.97 Å². The number of aliphatic hydroxyl groups excluding tert-OH is 1. The van der Waals surface area contributed by atoms with Gasteiger partial charge in [-0.2, -0.15) is 0 Å². The zero-order valence-corrected chi connectivity index (χ0v) is 8.49. The SMILES string of the molecule is N=Cc1c(N)ncnc1NPCCO. The van der Waals surface area contributed by atoms with Crippen LogP contribution >= 0.6 is 8.73 Å². The Morgan fingerprint density at radius 2 is 2.43 bits per heavy atom. The molecule has 0 amide bonds. The summed E-state index contributed by atoms with van der Waals surface area (Å²) in [6.07, 6.45) is 3.11. The predicted octanol–water partition coefficient (Wildman–Crippen LogP) is 0.0542. The summed E-state index contributed by atoms with van der Waals surface area (Å²) in [5.74, 6) is 0.825. The van der Waals surface area contributed by atoms with E-state index in [4.69, 9.17) is 16.2 Å². The van der Waals surface area contributed by atoms with Crippen molar-refractivity contribution in [1.82, 2.24) is 9.97 Å². The third kappa shape index (κ3) is 2.61. The van der Waals surface area contributed by atoms with E-state index in [9.17, 15) is 0 Å². The first kappa shape index (κ1) is 10.8. The van der Waals surface area contributed by atoms with Crippen molar-refractivity contribution in [3.63, 3.8) is 0 Å². The molecule has 0 aliphatic carbocycles. The van der Waals surface area contributed by atoms with Gasteiger partial charge in [0, 0.05) is 19.0 Å². The van der Waals surface area contributed by atoms with E-state index < -0.39 is 0 Å². The Hall–Kier alpha value is -1.26. The molecule has 0 aromatic carbocycles. The van der Waals surface area contributed by atoms with Gasteiger partial charge in [-0.15, -0.1) is 0 Å². The summed E-state index contributed by atoms with van der Waals surface area (Å²) in [7, 11) is 0.356. The maximum atomic E-state index is 8.59. The lowest BCUT2D eigenvalue weighted by atomic mass is 10.3. The standard InChI is InChI=1S/C7H12N5OP/c8-3-5-6(9)10-4-11-7(5)12-14-2-1-13/h3-4,8,13-14H,1-2H2,(H3,9,10,11,12). The Kier molecular flexibility index (Phi) is 4.22. The Balaban J connectivity index is 2.75. The molecule has 1 atom stereocenters. The third-order valence-corrected chi connectivity index (χ3v) is 2.39. The molecule has 1 rings (SSSR count). The fraction of sp³-hybridized carbons (Fsp3) is 0.286. The molecule has 0 aliphatic heterocycles. The molecule has 14 heavy (non-hydrogen) atoms. The van der Waals surface area contributed by atoms with Crippen LogP contribution in [0.15, 0.2) is 6.33 Å². The molecular formula is C7H12N5OP. The molecule has 1 unspecified atom stereocenters. The van der Waals surface area contributed by atoms with Gasteiger partial charge in [-0.1, -0.05) is 0 Å². The molecule has 1 heterocycles. The van der Waals surface area contributed by atoms with Crippen LogP contribution in [0.1, 0.15) is 5.56 Å². The molecule has 0 saturated heterocycles. The van der Waals surface area contributed by atoms with Gasteiger partial charge in [0.2, 0.25) is 0 Å².